The van der Waals surface area contributed by atoms with Crippen molar-refractivity contribution in [2.24, 2.45) is 0 Å². The highest BCUT2D eigenvalue weighted by Crippen LogP contribution is 2.29. The average Bonchev–Trinajstić information content (AvgIpc) is 2.41. The summed E-state index contributed by atoms with van der Waals surface area (Å²) in [5, 5.41) is 8.92. The molecule has 4 heteroatoms. The lowest BCUT2D eigenvalue weighted by Gasteiger charge is -2.11. The fraction of sp³-hybridized carbons (Fsp3) is 0.133. The maximum atomic E-state index is 10.9. The third-order valence-electron chi connectivity index (χ3n) is 2.58. The first-order valence-electron chi connectivity index (χ1n) is 5.80. The van der Waals surface area contributed by atoms with Crippen LogP contribution in [0, 0.1) is 0 Å². The quantitative estimate of drug-likeness (QED) is 0.895. The Morgan fingerprint density at radius 1 is 1.11 bits per heavy atom. The van der Waals surface area contributed by atoms with Gasteiger partial charge < -0.3 is 14.6 Å². The van der Waals surface area contributed by atoms with Gasteiger partial charge in [0.05, 0.1) is 13.5 Å². The molecule has 0 aliphatic heterocycles. The van der Waals surface area contributed by atoms with Gasteiger partial charge in [0.1, 0.15) is 17.2 Å². The van der Waals surface area contributed by atoms with E-state index in [-0.39, 0.29) is 6.42 Å². The van der Waals surface area contributed by atoms with E-state index in [9.17, 15) is 4.79 Å². The van der Waals surface area contributed by atoms with Crippen molar-refractivity contribution >= 4 is 5.97 Å². The second kappa shape index (κ2) is 5.91. The van der Waals surface area contributed by atoms with Crippen molar-refractivity contribution in [1.82, 2.24) is 0 Å². The first kappa shape index (κ1) is 13.0. The lowest BCUT2D eigenvalue weighted by Crippen LogP contribution is -2.02. The molecule has 0 spiro atoms. The van der Waals surface area contributed by atoms with Crippen LogP contribution in [-0.2, 0) is 11.2 Å². The zero-order valence-corrected chi connectivity index (χ0v) is 10.5. The van der Waals surface area contributed by atoms with Crippen LogP contribution in [0.15, 0.2) is 48.5 Å². The van der Waals surface area contributed by atoms with Crippen molar-refractivity contribution in [2.75, 3.05) is 7.11 Å². The number of methoxy groups -OCH3 is 1. The summed E-state index contributed by atoms with van der Waals surface area (Å²) in [5.41, 5.74) is 0.579. The zero-order chi connectivity index (χ0) is 13.7. The maximum Gasteiger partial charge on any atom is 0.307 e. The molecule has 0 amide bonds. The predicted octanol–water partition coefficient (Wildman–Crippen LogP) is 3.11. The lowest BCUT2D eigenvalue weighted by molar-refractivity contribution is -0.136. The molecular formula is C15H14O4. The summed E-state index contributed by atoms with van der Waals surface area (Å²) in [7, 11) is 1.54. The van der Waals surface area contributed by atoms with E-state index in [0.717, 1.165) is 0 Å². The summed E-state index contributed by atoms with van der Waals surface area (Å²) in [4.78, 5) is 10.9. The van der Waals surface area contributed by atoms with Crippen molar-refractivity contribution in [2.45, 2.75) is 6.42 Å². The van der Waals surface area contributed by atoms with Gasteiger partial charge in [-0.3, -0.25) is 4.79 Å². The number of hydrogen-bond acceptors (Lipinski definition) is 3. The molecule has 0 unspecified atom stereocenters. The Hall–Kier alpha value is -2.49. The van der Waals surface area contributed by atoms with Crippen LogP contribution >= 0.6 is 0 Å². The first-order valence-corrected chi connectivity index (χ1v) is 5.80. The van der Waals surface area contributed by atoms with E-state index in [1.807, 2.05) is 30.3 Å². The van der Waals surface area contributed by atoms with Gasteiger partial charge in [-0.1, -0.05) is 18.2 Å². The third-order valence-corrected chi connectivity index (χ3v) is 2.58. The molecule has 2 aromatic carbocycles. The summed E-state index contributed by atoms with van der Waals surface area (Å²) in [6.07, 6.45) is -0.112. The van der Waals surface area contributed by atoms with E-state index in [1.54, 1.807) is 18.2 Å². The SMILES string of the molecule is COc1ccc(Oc2ccccc2)c(CC(=O)O)c1. The van der Waals surface area contributed by atoms with Crippen molar-refractivity contribution in [1.29, 1.82) is 0 Å². The lowest BCUT2D eigenvalue weighted by atomic mass is 10.1. The highest BCUT2D eigenvalue weighted by atomic mass is 16.5. The largest absolute Gasteiger partial charge is 0.497 e. The normalized spacial score (nSPS) is 9.95. The Balaban J connectivity index is 2.30. The highest BCUT2D eigenvalue weighted by Gasteiger charge is 2.10. The Bertz CT molecular complexity index is 564. The predicted molar refractivity (Wildman–Crippen MR) is 70.8 cm³/mol. The molecule has 0 bridgehead atoms. The van der Waals surface area contributed by atoms with Gasteiger partial charge in [0, 0.05) is 5.56 Å². The Kier molecular flexibility index (Phi) is 4.03. The number of carboxylic acid groups (broad SMARTS) is 1. The van der Waals surface area contributed by atoms with Crippen LogP contribution < -0.4 is 9.47 Å². The van der Waals surface area contributed by atoms with E-state index < -0.39 is 5.97 Å². The van der Waals surface area contributed by atoms with Crippen LogP contribution in [0.25, 0.3) is 0 Å². The van der Waals surface area contributed by atoms with Crippen LogP contribution in [0.2, 0.25) is 0 Å². The number of aliphatic carboxylic acids is 1. The Labute approximate surface area is 111 Å². The minimum absolute atomic E-state index is 0.112. The van der Waals surface area contributed by atoms with Gasteiger partial charge in [0.25, 0.3) is 0 Å². The highest BCUT2D eigenvalue weighted by molar-refractivity contribution is 5.71. The number of benzene rings is 2. The summed E-state index contributed by atoms with van der Waals surface area (Å²) in [5.74, 6) is 0.886. The molecule has 0 aromatic heterocycles. The molecule has 0 radical (unpaired) electrons. The van der Waals surface area contributed by atoms with Crippen molar-refractivity contribution in [3.8, 4) is 17.2 Å². The third kappa shape index (κ3) is 3.48. The van der Waals surface area contributed by atoms with Crippen LogP contribution in [0.5, 0.6) is 17.2 Å². The molecule has 0 atom stereocenters. The first-order chi connectivity index (χ1) is 9.19. The van der Waals surface area contributed by atoms with E-state index in [2.05, 4.69) is 0 Å². The average molecular weight is 258 g/mol. The number of carbonyl (C=O) groups is 1. The topological polar surface area (TPSA) is 55.8 Å². The van der Waals surface area contributed by atoms with Gasteiger partial charge in [0.2, 0.25) is 0 Å². The molecule has 0 saturated carbocycles. The van der Waals surface area contributed by atoms with Crippen molar-refractivity contribution in [3.05, 3.63) is 54.1 Å². The maximum absolute atomic E-state index is 10.9. The van der Waals surface area contributed by atoms with Crippen molar-refractivity contribution < 1.29 is 19.4 Å². The molecule has 4 nitrogen and oxygen atoms in total. The molecule has 0 aliphatic carbocycles. The van der Waals surface area contributed by atoms with E-state index in [0.29, 0.717) is 22.8 Å². The molecule has 19 heavy (non-hydrogen) atoms. The molecule has 98 valence electrons. The fourth-order valence-corrected chi connectivity index (χ4v) is 1.70. The summed E-state index contributed by atoms with van der Waals surface area (Å²) in [6, 6.07) is 14.4. The van der Waals surface area contributed by atoms with E-state index in [1.165, 1.54) is 7.11 Å². The number of hydrogen-bond donors (Lipinski definition) is 1. The van der Waals surface area contributed by atoms with Gasteiger partial charge in [0.15, 0.2) is 0 Å². The zero-order valence-electron chi connectivity index (χ0n) is 10.5. The Morgan fingerprint density at radius 3 is 2.47 bits per heavy atom. The van der Waals surface area contributed by atoms with Crippen LogP contribution in [0.4, 0.5) is 0 Å². The van der Waals surface area contributed by atoms with Gasteiger partial charge in [-0.05, 0) is 30.3 Å². The molecule has 0 saturated heterocycles. The minimum Gasteiger partial charge on any atom is -0.497 e. The van der Waals surface area contributed by atoms with Crippen molar-refractivity contribution in [3.63, 3.8) is 0 Å². The number of carboxylic acids is 1. The summed E-state index contributed by atoms with van der Waals surface area (Å²) >= 11 is 0. The number of para-hydroxylation sites is 1. The molecule has 2 rings (SSSR count). The van der Waals surface area contributed by atoms with E-state index >= 15 is 0 Å². The second-order valence-electron chi connectivity index (χ2n) is 3.96. The van der Waals surface area contributed by atoms with E-state index in [4.69, 9.17) is 14.6 Å². The van der Waals surface area contributed by atoms with Gasteiger partial charge in [-0.2, -0.15) is 0 Å². The van der Waals surface area contributed by atoms with Gasteiger partial charge >= 0.3 is 5.97 Å². The second-order valence-corrected chi connectivity index (χ2v) is 3.96. The molecule has 1 N–H and O–H groups in total. The monoisotopic (exact) mass is 258 g/mol. The Morgan fingerprint density at radius 2 is 1.84 bits per heavy atom. The molecular weight excluding hydrogens is 244 g/mol. The van der Waals surface area contributed by atoms with Crippen LogP contribution in [0.3, 0.4) is 0 Å². The molecule has 2 aromatic rings. The molecule has 0 heterocycles. The van der Waals surface area contributed by atoms with Crippen LogP contribution in [-0.4, -0.2) is 18.2 Å². The smallest absolute Gasteiger partial charge is 0.307 e. The molecule has 0 aliphatic rings. The van der Waals surface area contributed by atoms with Crippen LogP contribution in [0.1, 0.15) is 5.56 Å². The minimum atomic E-state index is -0.911. The van der Waals surface area contributed by atoms with Gasteiger partial charge in [-0.15, -0.1) is 0 Å². The fourth-order valence-electron chi connectivity index (χ4n) is 1.70. The molecule has 0 fully saturated rings. The van der Waals surface area contributed by atoms with Gasteiger partial charge in [-0.25, -0.2) is 0 Å². The summed E-state index contributed by atoms with van der Waals surface area (Å²) < 4.78 is 10.8. The standard InChI is InChI=1S/C15H14O4/c1-18-13-7-8-14(11(9-13)10-15(16)17)19-12-5-3-2-4-6-12/h2-9H,10H2,1H3,(H,16,17). The number of rotatable bonds is 5. The summed E-state index contributed by atoms with van der Waals surface area (Å²) in [6.45, 7) is 0. The number of ether oxygens (including phenoxy) is 2.